The third-order valence-corrected chi connectivity index (χ3v) is 4.13. The minimum Gasteiger partial charge on any atom is -0.480 e. The van der Waals surface area contributed by atoms with Gasteiger partial charge in [0, 0.05) is 25.4 Å². The van der Waals surface area contributed by atoms with Gasteiger partial charge in [-0.25, -0.2) is 13.6 Å². The summed E-state index contributed by atoms with van der Waals surface area (Å²) in [5.41, 5.74) is 4.82. The third-order valence-electron chi connectivity index (χ3n) is 4.13. The lowest BCUT2D eigenvalue weighted by atomic mass is 10.1. The van der Waals surface area contributed by atoms with Crippen LogP contribution in [0.1, 0.15) is 56.8 Å². The normalized spacial score (nSPS) is 10.6. The summed E-state index contributed by atoms with van der Waals surface area (Å²) >= 11 is 0. The van der Waals surface area contributed by atoms with Gasteiger partial charge in [0.25, 0.3) is 0 Å². The van der Waals surface area contributed by atoms with Gasteiger partial charge in [-0.3, -0.25) is 14.6 Å². The van der Waals surface area contributed by atoms with E-state index in [4.69, 9.17) is 15.2 Å². The van der Waals surface area contributed by atoms with E-state index in [1.54, 1.807) is 39.1 Å². The van der Waals surface area contributed by atoms with Gasteiger partial charge in [0.2, 0.25) is 11.7 Å². The van der Waals surface area contributed by atoms with Gasteiger partial charge in [0.1, 0.15) is 12.2 Å². The number of amides is 2. The molecule has 2 aromatic rings. The second kappa shape index (κ2) is 14.6. The van der Waals surface area contributed by atoms with E-state index in [1.165, 1.54) is 6.20 Å². The van der Waals surface area contributed by atoms with Crippen LogP contribution in [0.3, 0.4) is 0 Å². The molecule has 8 nitrogen and oxygen atoms in total. The number of unbranched alkanes of at least 4 members (excludes halogenated alkanes) is 2. The van der Waals surface area contributed by atoms with Crippen LogP contribution in [-0.4, -0.2) is 41.5 Å². The molecule has 1 aromatic heterocycles. The molecular weight excluding hydrogens is 467 g/mol. The van der Waals surface area contributed by atoms with Crippen LogP contribution < -0.4 is 15.8 Å². The van der Waals surface area contributed by atoms with Crippen molar-refractivity contribution >= 4 is 17.8 Å². The first kappa shape index (κ1) is 29.4. The first-order valence-corrected chi connectivity index (χ1v) is 10.9. The number of ether oxygens (including phenoxy) is 2. The fourth-order valence-electron chi connectivity index (χ4n) is 2.50. The molecule has 0 saturated carbocycles. The van der Waals surface area contributed by atoms with Gasteiger partial charge in [-0.2, -0.15) is 4.39 Å². The maximum absolute atomic E-state index is 13.4. The average Bonchev–Trinajstić information content (AvgIpc) is 2.78. The number of ketones is 1. The Morgan fingerprint density at radius 2 is 1.71 bits per heavy atom. The molecule has 1 heterocycles. The van der Waals surface area contributed by atoms with Crippen LogP contribution in [0.5, 0.6) is 5.75 Å². The molecule has 0 bridgehead atoms. The highest BCUT2D eigenvalue weighted by molar-refractivity contribution is 5.92. The highest BCUT2D eigenvalue weighted by Crippen LogP contribution is 2.23. The standard InChI is InChI=1S/C18H24F3NO4.C6H6N2O/c1-18(2,3)26-17(24)22-10-6-4-5-7-12(23)11-25-16-14(20)9-8-13(19)15(16)21;7-6(9)5-2-1-3-8-4-5/h8-9H,4-7,10-11H2,1-3H3,(H,22,24);1-4H,(H2,7,9). The molecule has 0 aliphatic rings. The van der Waals surface area contributed by atoms with Crippen molar-refractivity contribution in [3.63, 3.8) is 0 Å². The van der Waals surface area contributed by atoms with Crippen molar-refractivity contribution in [1.29, 1.82) is 0 Å². The Hall–Kier alpha value is -3.63. The monoisotopic (exact) mass is 497 g/mol. The molecule has 3 N–H and O–H groups in total. The van der Waals surface area contributed by atoms with Gasteiger partial charge in [-0.05, 0) is 57.9 Å². The number of pyridine rings is 1. The van der Waals surface area contributed by atoms with Gasteiger partial charge < -0.3 is 20.5 Å². The molecule has 0 unspecified atom stereocenters. The van der Waals surface area contributed by atoms with Crippen LogP contribution in [0.15, 0.2) is 36.7 Å². The molecule has 0 fully saturated rings. The number of benzene rings is 1. The predicted octanol–water partition coefficient (Wildman–Crippen LogP) is 4.32. The molecule has 1 aromatic carbocycles. The van der Waals surface area contributed by atoms with Gasteiger partial charge in [-0.15, -0.1) is 0 Å². The molecule has 11 heteroatoms. The van der Waals surface area contributed by atoms with Gasteiger partial charge in [0.05, 0.1) is 5.56 Å². The molecule has 2 amide bonds. The lowest BCUT2D eigenvalue weighted by Gasteiger charge is -2.19. The Morgan fingerprint density at radius 3 is 2.29 bits per heavy atom. The molecule has 0 atom stereocenters. The van der Waals surface area contributed by atoms with E-state index in [0.29, 0.717) is 37.4 Å². The van der Waals surface area contributed by atoms with Crippen LogP contribution >= 0.6 is 0 Å². The lowest BCUT2D eigenvalue weighted by molar-refractivity contribution is -0.121. The van der Waals surface area contributed by atoms with Crippen LogP contribution in [0.2, 0.25) is 0 Å². The zero-order valence-electron chi connectivity index (χ0n) is 19.9. The molecule has 192 valence electrons. The Morgan fingerprint density at radius 1 is 1.03 bits per heavy atom. The van der Waals surface area contributed by atoms with Crippen LogP contribution in [0.25, 0.3) is 0 Å². The molecule has 0 aliphatic carbocycles. The van der Waals surface area contributed by atoms with Crippen molar-refractivity contribution < 1.29 is 37.0 Å². The van der Waals surface area contributed by atoms with E-state index in [0.717, 1.165) is 6.07 Å². The minimum atomic E-state index is -1.45. The SMILES string of the molecule is CC(C)(C)OC(=O)NCCCCCC(=O)COc1c(F)ccc(F)c1F.NC(=O)c1cccnc1. The number of hydrogen-bond acceptors (Lipinski definition) is 6. The number of Topliss-reactive ketones (excluding diaryl/α,β-unsaturated/α-hetero) is 1. The summed E-state index contributed by atoms with van der Waals surface area (Å²) < 4.78 is 49.6. The molecule has 0 aliphatic heterocycles. The largest absolute Gasteiger partial charge is 0.480 e. The number of aromatic nitrogens is 1. The molecule has 35 heavy (non-hydrogen) atoms. The highest BCUT2D eigenvalue weighted by Gasteiger charge is 2.17. The number of nitrogens with one attached hydrogen (secondary N) is 1. The number of rotatable bonds is 10. The van der Waals surface area contributed by atoms with E-state index in [-0.39, 0.29) is 12.2 Å². The van der Waals surface area contributed by atoms with Crippen LogP contribution in [0.4, 0.5) is 18.0 Å². The number of alkyl carbamates (subject to hydrolysis) is 1. The van der Waals surface area contributed by atoms with Gasteiger partial charge in [-0.1, -0.05) is 6.42 Å². The average molecular weight is 498 g/mol. The van der Waals surface area contributed by atoms with Crippen molar-refractivity contribution in [2.75, 3.05) is 13.2 Å². The van der Waals surface area contributed by atoms with Crippen molar-refractivity contribution in [2.45, 2.75) is 52.1 Å². The topological polar surface area (TPSA) is 121 Å². The maximum atomic E-state index is 13.4. The van der Waals surface area contributed by atoms with Crippen molar-refractivity contribution in [3.05, 3.63) is 59.7 Å². The van der Waals surface area contributed by atoms with Gasteiger partial charge >= 0.3 is 6.09 Å². The Kier molecular flexibility index (Phi) is 12.3. The van der Waals surface area contributed by atoms with E-state index >= 15 is 0 Å². The number of nitrogens with two attached hydrogens (primary N) is 1. The quantitative estimate of drug-likeness (QED) is 0.373. The fraction of sp³-hybridized carbons (Fsp3) is 0.417. The lowest BCUT2D eigenvalue weighted by Crippen LogP contribution is -2.33. The molecule has 0 saturated heterocycles. The maximum Gasteiger partial charge on any atom is 0.407 e. The number of nitrogens with zero attached hydrogens (tertiary/aromatic N) is 1. The molecule has 0 spiro atoms. The fourth-order valence-corrected chi connectivity index (χ4v) is 2.50. The zero-order valence-corrected chi connectivity index (χ0v) is 19.9. The van der Waals surface area contributed by atoms with Crippen LogP contribution in [0, 0.1) is 17.5 Å². The summed E-state index contributed by atoms with van der Waals surface area (Å²) in [6.45, 7) is 5.18. The Labute approximate surface area is 202 Å². The second-order valence-corrected chi connectivity index (χ2v) is 8.34. The number of primary amides is 1. The van der Waals surface area contributed by atoms with E-state index < -0.39 is 47.4 Å². The third kappa shape index (κ3) is 12.4. The zero-order chi connectivity index (χ0) is 26.4. The minimum absolute atomic E-state index is 0.158. The summed E-state index contributed by atoms with van der Waals surface area (Å²) in [7, 11) is 0. The number of carbonyl (C=O) groups is 3. The number of carbonyl (C=O) groups excluding carboxylic acids is 3. The van der Waals surface area contributed by atoms with E-state index in [1.807, 2.05) is 0 Å². The summed E-state index contributed by atoms with van der Waals surface area (Å²) in [6, 6.07) is 4.66. The van der Waals surface area contributed by atoms with Crippen molar-refractivity contribution in [2.24, 2.45) is 5.73 Å². The molecular formula is C24H30F3N3O5. The van der Waals surface area contributed by atoms with Crippen molar-refractivity contribution in [1.82, 2.24) is 10.3 Å². The number of halogens is 3. The summed E-state index contributed by atoms with van der Waals surface area (Å²) in [5, 5.41) is 2.60. The molecule has 0 radical (unpaired) electrons. The summed E-state index contributed by atoms with van der Waals surface area (Å²) in [6.07, 6.45) is 4.54. The van der Waals surface area contributed by atoms with Gasteiger partial charge in [0.15, 0.2) is 23.2 Å². The summed E-state index contributed by atoms with van der Waals surface area (Å²) in [5.74, 6) is -5.45. The predicted molar refractivity (Wildman–Crippen MR) is 122 cm³/mol. The van der Waals surface area contributed by atoms with Crippen molar-refractivity contribution in [3.8, 4) is 5.75 Å². The second-order valence-electron chi connectivity index (χ2n) is 8.34. The van der Waals surface area contributed by atoms with E-state index in [9.17, 15) is 27.6 Å². The Balaban J connectivity index is 0.000000566. The summed E-state index contributed by atoms with van der Waals surface area (Å²) in [4.78, 5) is 37.2. The smallest absolute Gasteiger partial charge is 0.407 e. The first-order chi connectivity index (χ1) is 16.4. The first-order valence-electron chi connectivity index (χ1n) is 10.9. The van der Waals surface area contributed by atoms with Crippen LogP contribution in [-0.2, 0) is 9.53 Å². The molecule has 2 rings (SSSR count). The van der Waals surface area contributed by atoms with E-state index in [2.05, 4.69) is 10.3 Å². The Bertz CT molecular complexity index is 982. The highest BCUT2D eigenvalue weighted by atomic mass is 19.2. The number of hydrogen-bond donors (Lipinski definition) is 2.